The molecular formula is C12H9F3N2O. The summed E-state index contributed by atoms with van der Waals surface area (Å²) in [6, 6.07) is 8.20. The van der Waals surface area contributed by atoms with Crippen LogP contribution in [0.15, 0.2) is 30.3 Å². The summed E-state index contributed by atoms with van der Waals surface area (Å²) in [7, 11) is 0. The summed E-state index contributed by atoms with van der Waals surface area (Å²) in [6.07, 6.45) is -2.04. The Morgan fingerprint density at radius 1 is 1.33 bits per heavy atom. The smallest absolute Gasteiger partial charge is 0.343 e. The molecule has 0 aromatic heterocycles. The van der Waals surface area contributed by atoms with Gasteiger partial charge in [-0.2, -0.15) is 18.4 Å². The van der Waals surface area contributed by atoms with E-state index in [0.717, 1.165) is 6.08 Å². The Balaban J connectivity index is 2.53. The van der Waals surface area contributed by atoms with Crippen LogP contribution in [-0.2, 0) is 4.79 Å². The molecule has 1 amide bonds. The van der Waals surface area contributed by atoms with Gasteiger partial charge in [-0.25, -0.2) is 0 Å². The third kappa shape index (κ3) is 5.16. The molecule has 0 bridgehead atoms. The SMILES string of the molecule is N#Cc1ccc(/C=C/C(=O)NCC(F)(F)F)cc1. The van der Waals surface area contributed by atoms with Gasteiger partial charge >= 0.3 is 6.18 Å². The van der Waals surface area contributed by atoms with Gasteiger partial charge in [0.15, 0.2) is 0 Å². The van der Waals surface area contributed by atoms with E-state index in [4.69, 9.17) is 5.26 Å². The van der Waals surface area contributed by atoms with Crippen molar-refractivity contribution in [2.45, 2.75) is 6.18 Å². The number of carbonyl (C=O) groups is 1. The number of halogens is 3. The second-order valence-electron chi connectivity index (χ2n) is 3.40. The van der Waals surface area contributed by atoms with Crippen LogP contribution >= 0.6 is 0 Å². The van der Waals surface area contributed by atoms with Crippen LogP contribution in [0.3, 0.4) is 0 Å². The van der Waals surface area contributed by atoms with Gasteiger partial charge in [-0.1, -0.05) is 12.1 Å². The summed E-state index contributed by atoms with van der Waals surface area (Å²) in [4.78, 5) is 11.0. The highest BCUT2D eigenvalue weighted by molar-refractivity contribution is 5.91. The fourth-order valence-corrected chi connectivity index (χ4v) is 1.09. The monoisotopic (exact) mass is 254 g/mol. The lowest BCUT2D eigenvalue weighted by molar-refractivity contribution is -0.135. The van der Waals surface area contributed by atoms with Crippen molar-refractivity contribution >= 4 is 12.0 Å². The first kappa shape index (κ1) is 13.8. The number of amides is 1. The van der Waals surface area contributed by atoms with Gasteiger partial charge in [-0.3, -0.25) is 4.79 Å². The van der Waals surface area contributed by atoms with Crippen molar-refractivity contribution in [2.24, 2.45) is 0 Å². The van der Waals surface area contributed by atoms with Gasteiger partial charge in [0, 0.05) is 6.08 Å². The molecule has 3 nitrogen and oxygen atoms in total. The Bertz CT molecular complexity index is 484. The van der Waals surface area contributed by atoms with Crippen molar-refractivity contribution in [3.05, 3.63) is 41.5 Å². The van der Waals surface area contributed by atoms with E-state index in [2.05, 4.69) is 0 Å². The fourth-order valence-electron chi connectivity index (χ4n) is 1.09. The van der Waals surface area contributed by atoms with Crippen LogP contribution in [0.1, 0.15) is 11.1 Å². The van der Waals surface area contributed by atoms with E-state index in [1.807, 2.05) is 6.07 Å². The molecule has 6 heteroatoms. The van der Waals surface area contributed by atoms with Crippen LogP contribution in [-0.4, -0.2) is 18.6 Å². The number of carbonyl (C=O) groups excluding carboxylic acids is 1. The molecule has 1 aromatic carbocycles. The van der Waals surface area contributed by atoms with Crippen LogP contribution in [0.5, 0.6) is 0 Å². The molecule has 0 heterocycles. The lowest BCUT2D eigenvalue weighted by Gasteiger charge is -2.05. The quantitative estimate of drug-likeness (QED) is 0.841. The van der Waals surface area contributed by atoms with Crippen LogP contribution in [0.2, 0.25) is 0 Å². The van der Waals surface area contributed by atoms with Crippen LogP contribution in [0, 0.1) is 11.3 Å². The Kier molecular flexibility index (Phi) is 4.49. The summed E-state index contributed by atoms with van der Waals surface area (Å²) >= 11 is 0. The van der Waals surface area contributed by atoms with Gasteiger partial charge in [0.1, 0.15) is 6.54 Å². The number of benzene rings is 1. The molecule has 0 atom stereocenters. The van der Waals surface area contributed by atoms with Gasteiger partial charge in [0.25, 0.3) is 0 Å². The molecule has 18 heavy (non-hydrogen) atoms. The second kappa shape index (κ2) is 5.87. The second-order valence-corrected chi connectivity index (χ2v) is 3.40. The summed E-state index contributed by atoms with van der Waals surface area (Å²) in [5.74, 6) is -0.823. The minimum Gasteiger partial charge on any atom is -0.343 e. The zero-order valence-electron chi connectivity index (χ0n) is 9.16. The number of hydrogen-bond donors (Lipinski definition) is 1. The first-order valence-electron chi connectivity index (χ1n) is 4.93. The standard InChI is InChI=1S/C12H9F3N2O/c13-12(14,15)8-17-11(18)6-5-9-1-3-10(7-16)4-2-9/h1-6H,8H2,(H,17,18)/b6-5+. The number of alkyl halides is 3. The largest absolute Gasteiger partial charge is 0.405 e. The molecule has 0 fully saturated rings. The molecule has 0 aliphatic carbocycles. The predicted octanol–water partition coefficient (Wildman–Crippen LogP) is 2.25. The van der Waals surface area contributed by atoms with Crippen LogP contribution in [0.4, 0.5) is 13.2 Å². The first-order chi connectivity index (χ1) is 8.40. The van der Waals surface area contributed by atoms with Crippen molar-refractivity contribution in [3.63, 3.8) is 0 Å². The van der Waals surface area contributed by atoms with E-state index < -0.39 is 18.6 Å². The van der Waals surface area contributed by atoms with E-state index in [1.165, 1.54) is 6.08 Å². The molecule has 0 saturated carbocycles. The maximum atomic E-state index is 11.8. The molecule has 0 saturated heterocycles. The molecular weight excluding hydrogens is 245 g/mol. The number of nitrogens with zero attached hydrogens (tertiary/aromatic N) is 1. The normalized spacial score (nSPS) is 11.2. The van der Waals surface area contributed by atoms with Crippen LogP contribution in [0.25, 0.3) is 6.08 Å². The van der Waals surface area contributed by atoms with Gasteiger partial charge < -0.3 is 5.32 Å². The van der Waals surface area contributed by atoms with Crippen LogP contribution < -0.4 is 5.32 Å². The lowest BCUT2D eigenvalue weighted by atomic mass is 10.1. The van der Waals surface area contributed by atoms with Crippen molar-refractivity contribution in [3.8, 4) is 6.07 Å². The third-order valence-electron chi connectivity index (χ3n) is 1.93. The minimum absolute atomic E-state index is 0.466. The number of nitrogens with one attached hydrogen (secondary N) is 1. The molecule has 1 N–H and O–H groups in total. The molecule has 0 unspecified atom stereocenters. The first-order valence-corrected chi connectivity index (χ1v) is 4.93. The van der Waals surface area contributed by atoms with E-state index >= 15 is 0 Å². The molecule has 0 aliphatic rings. The van der Waals surface area contributed by atoms with Crippen molar-refractivity contribution < 1.29 is 18.0 Å². The number of nitriles is 1. The summed E-state index contributed by atoms with van der Waals surface area (Å²) in [6.45, 7) is -1.36. The number of hydrogen-bond acceptors (Lipinski definition) is 2. The molecule has 0 spiro atoms. The average molecular weight is 254 g/mol. The fraction of sp³-hybridized carbons (Fsp3) is 0.167. The van der Waals surface area contributed by atoms with Gasteiger partial charge in [0.05, 0.1) is 11.6 Å². The third-order valence-corrected chi connectivity index (χ3v) is 1.93. The maximum absolute atomic E-state index is 11.8. The topological polar surface area (TPSA) is 52.9 Å². The number of rotatable bonds is 3. The average Bonchev–Trinajstić information content (AvgIpc) is 2.33. The minimum atomic E-state index is -4.42. The van der Waals surface area contributed by atoms with E-state index in [-0.39, 0.29) is 0 Å². The van der Waals surface area contributed by atoms with Gasteiger partial charge in [-0.05, 0) is 23.8 Å². The summed E-state index contributed by atoms with van der Waals surface area (Å²) < 4.78 is 35.4. The Morgan fingerprint density at radius 2 is 1.94 bits per heavy atom. The van der Waals surface area contributed by atoms with E-state index in [9.17, 15) is 18.0 Å². The zero-order chi connectivity index (χ0) is 13.6. The molecule has 1 aromatic rings. The van der Waals surface area contributed by atoms with Gasteiger partial charge in [-0.15, -0.1) is 0 Å². The van der Waals surface area contributed by atoms with E-state index in [0.29, 0.717) is 11.1 Å². The summed E-state index contributed by atoms with van der Waals surface area (Å²) in [5.41, 5.74) is 1.09. The highest BCUT2D eigenvalue weighted by atomic mass is 19.4. The predicted molar refractivity (Wildman–Crippen MR) is 59.3 cm³/mol. The molecule has 94 valence electrons. The maximum Gasteiger partial charge on any atom is 0.405 e. The zero-order valence-corrected chi connectivity index (χ0v) is 9.16. The summed E-state index contributed by atoms with van der Waals surface area (Å²) in [5, 5.41) is 10.3. The van der Waals surface area contributed by atoms with Crippen molar-refractivity contribution in [1.82, 2.24) is 5.32 Å². The Labute approximate surface area is 102 Å². The molecule has 1 rings (SSSR count). The van der Waals surface area contributed by atoms with Crippen molar-refractivity contribution in [1.29, 1.82) is 5.26 Å². The van der Waals surface area contributed by atoms with E-state index in [1.54, 1.807) is 29.6 Å². The highest BCUT2D eigenvalue weighted by Crippen LogP contribution is 2.12. The molecule has 0 radical (unpaired) electrons. The Morgan fingerprint density at radius 3 is 2.44 bits per heavy atom. The highest BCUT2D eigenvalue weighted by Gasteiger charge is 2.27. The lowest BCUT2D eigenvalue weighted by Crippen LogP contribution is -2.32. The Hall–Kier alpha value is -2.29. The van der Waals surface area contributed by atoms with Crippen molar-refractivity contribution in [2.75, 3.05) is 6.54 Å². The van der Waals surface area contributed by atoms with Gasteiger partial charge in [0.2, 0.25) is 5.91 Å². The molecule has 0 aliphatic heterocycles.